The van der Waals surface area contributed by atoms with Crippen molar-refractivity contribution in [3.63, 3.8) is 0 Å². The molecule has 1 aromatic rings. The van der Waals surface area contributed by atoms with Gasteiger partial charge in [-0.3, -0.25) is 0 Å². The summed E-state index contributed by atoms with van der Waals surface area (Å²) in [5, 5.41) is 0. The molecule has 0 amide bonds. The molecule has 0 unspecified atom stereocenters. The Morgan fingerprint density at radius 2 is 1.32 bits per heavy atom. The van der Waals surface area contributed by atoms with Crippen molar-refractivity contribution in [2.45, 2.75) is 19.2 Å². The minimum absolute atomic E-state index is 0.556. The molecule has 0 saturated carbocycles. The summed E-state index contributed by atoms with van der Waals surface area (Å²) in [6.07, 6.45) is 1.11. The highest BCUT2D eigenvalue weighted by atomic mass is 31.2. The van der Waals surface area contributed by atoms with Gasteiger partial charge in [-0.15, -0.1) is 0 Å². The minimum Gasteiger partial charge on any atom is -0.497 e. The van der Waals surface area contributed by atoms with Crippen molar-refractivity contribution in [1.29, 1.82) is 0 Å². The van der Waals surface area contributed by atoms with E-state index in [1.807, 2.05) is 19.1 Å². The van der Waals surface area contributed by atoms with E-state index < -0.39 is 14.3 Å². The van der Waals surface area contributed by atoms with Crippen LogP contribution in [0.15, 0.2) is 12.1 Å². The van der Waals surface area contributed by atoms with Crippen molar-refractivity contribution < 1.29 is 13.9 Å². The number of rotatable bonds is 5. The van der Waals surface area contributed by atoms with Gasteiger partial charge in [0, 0.05) is 12.3 Å². The SMILES string of the molecule is COc1cc(CP(C)(C)=O)c(C)c(CP(C)(C)=O)c1. The lowest BCUT2D eigenvalue weighted by Crippen LogP contribution is -1.99. The van der Waals surface area contributed by atoms with Crippen LogP contribution in [0.1, 0.15) is 16.7 Å². The Kier molecular flexibility index (Phi) is 5.09. The van der Waals surface area contributed by atoms with Crippen molar-refractivity contribution >= 4 is 14.3 Å². The van der Waals surface area contributed by atoms with E-state index in [-0.39, 0.29) is 0 Å². The number of hydrogen-bond acceptors (Lipinski definition) is 3. The van der Waals surface area contributed by atoms with Crippen LogP contribution in [0.2, 0.25) is 0 Å². The average Bonchev–Trinajstić information content (AvgIpc) is 2.19. The van der Waals surface area contributed by atoms with Gasteiger partial charge in [0.05, 0.1) is 21.4 Å². The van der Waals surface area contributed by atoms with Crippen molar-refractivity contribution in [2.24, 2.45) is 0 Å². The van der Waals surface area contributed by atoms with E-state index in [1.54, 1.807) is 33.8 Å². The minimum atomic E-state index is -2.14. The van der Waals surface area contributed by atoms with Gasteiger partial charge in [-0.2, -0.15) is 0 Å². The van der Waals surface area contributed by atoms with Gasteiger partial charge in [0.1, 0.15) is 5.75 Å². The van der Waals surface area contributed by atoms with E-state index in [0.29, 0.717) is 12.3 Å². The lowest BCUT2D eigenvalue weighted by Gasteiger charge is -2.17. The highest BCUT2D eigenvalue weighted by molar-refractivity contribution is 7.61. The number of hydrogen-bond donors (Lipinski definition) is 0. The summed E-state index contributed by atoms with van der Waals surface area (Å²) in [5.74, 6) is 0.748. The molecule has 0 aromatic heterocycles. The Bertz CT molecular complexity index is 507. The molecule has 3 nitrogen and oxygen atoms in total. The Balaban J connectivity index is 3.28. The first-order valence-electron chi connectivity index (χ1n) is 6.26. The fourth-order valence-corrected chi connectivity index (χ4v) is 4.37. The number of methoxy groups -OCH3 is 1. The average molecular weight is 302 g/mol. The zero-order valence-electron chi connectivity index (χ0n) is 12.7. The second-order valence-electron chi connectivity index (χ2n) is 6.03. The molecular formula is C14H24O3P2. The Hall–Kier alpha value is -0.520. The molecule has 1 aromatic carbocycles. The van der Waals surface area contributed by atoms with Gasteiger partial charge in [-0.1, -0.05) is 0 Å². The van der Waals surface area contributed by atoms with Crippen LogP contribution in [-0.2, 0) is 21.5 Å². The summed E-state index contributed by atoms with van der Waals surface area (Å²) in [5.41, 5.74) is 3.17. The third kappa shape index (κ3) is 5.55. The summed E-state index contributed by atoms with van der Waals surface area (Å²) in [6.45, 7) is 9.16. The smallest absolute Gasteiger partial charge is 0.119 e. The summed E-state index contributed by atoms with van der Waals surface area (Å²) >= 11 is 0. The maximum Gasteiger partial charge on any atom is 0.119 e. The second-order valence-corrected chi connectivity index (χ2v) is 13.0. The molecule has 1 rings (SSSR count). The van der Waals surface area contributed by atoms with E-state index in [0.717, 1.165) is 22.4 Å². The molecule has 0 heterocycles. The fourth-order valence-electron chi connectivity index (χ4n) is 2.07. The fraction of sp³-hybridized carbons (Fsp3) is 0.571. The third-order valence-corrected chi connectivity index (χ3v) is 5.14. The van der Waals surface area contributed by atoms with Crippen LogP contribution in [0.4, 0.5) is 0 Å². The lowest BCUT2D eigenvalue weighted by atomic mass is 10.0. The summed E-state index contributed by atoms with van der Waals surface area (Å²) in [7, 11) is -2.66. The summed E-state index contributed by atoms with van der Waals surface area (Å²) < 4.78 is 29.4. The van der Waals surface area contributed by atoms with Crippen LogP contribution in [0.3, 0.4) is 0 Å². The zero-order chi connectivity index (χ0) is 14.8. The van der Waals surface area contributed by atoms with Crippen LogP contribution >= 0.6 is 14.3 Å². The molecule has 0 spiro atoms. The number of benzene rings is 1. The third-order valence-electron chi connectivity index (χ3n) is 2.93. The van der Waals surface area contributed by atoms with E-state index >= 15 is 0 Å². The zero-order valence-corrected chi connectivity index (χ0v) is 14.5. The maximum atomic E-state index is 12.0. The lowest BCUT2D eigenvalue weighted by molar-refractivity contribution is 0.414. The molecule has 0 saturated heterocycles. The Morgan fingerprint density at radius 1 is 0.947 bits per heavy atom. The highest BCUT2D eigenvalue weighted by Crippen LogP contribution is 2.45. The molecule has 5 heteroatoms. The van der Waals surface area contributed by atoms with E-state index in [1.165, 1.54) is 0 Å². The molecule has 0 radical (unpaired) electrons. The van der Waals surface area contributed by atoms with Gasteiger partial charge >= 0.3 is 0 Å². The molecule has 0 bridgehead atoms. The van der Waals surface area contributed by atoms with E-state index in [4.69, 9.17) is 4.74 Å². The van der Waals surface area contributed by atoms with Gasteiger partial charge in [0.2, 0.25) is 0 Å². The molecule has 0 aliphatic heterocycles. The van der Waals surface area contributed by atoms with Crippen molar-refractivity contribution in [1.82, 2.24) is 0 Å². The molecule has 0 N–H and O–H groups in total. The molecule has 19 heavy (non-hydrogen) atoms. The quantitative estimate of drug-likeness (QED) is 0.764. The Morgan fingerprint density at radius 3 is 1.58 bits per heavy atom. The van der Waals surface area contributed by atoms with Gasteiger partial charge in [-0.25, -0.2) is 0 Å². The number of ether oxygens (including phenoxy) is 1. The van der Waals surface area contributed by atoms with Crippen molar-refractivity contribution in [3.8, 4) is 5.75 Å². The molecule has 108 valence electrons. The second kappa shape index (κ2) is 5.85. The summed E-state index contributed by atoms with van der Waals surface area (Å²) in [4.78, 5) is 0. The first-order valence-corrected chi connectivity index (χ1v) is 11.8. The van der Waals surface area contributed by atoms with Crippen LogP contribution in [0.5, 0.6) is 5.75 Å². The molecule has 0 atom stereocenters. The van der Waals surface area contributed by atoms with Crippen LogP contribution in [-0.4, -0.2) is 33.8 Å². The van der Waals surface area contributed by atoms with Gasteiger partial charge in [-0.05, 0) is 62.4 Å². The van der Waals surface area contributed by atoms with Crippen LogP contribution < -0.4 is 4.74 Å². The Labute approximate surface area is 116 Å². The maximum absolute atomic E-state index is 12.0. The normalized spacial score (nSPS) is 12.5. The molecule has 0 aliphatic rings. The van der Waals surface area contributed by atoms with E-state index in [9.17, 15) is 9.13 Å². The molecular weight excluding hydrogens is 278 g/mol. The first-order chi connectivity index (χ1) is 8.52. The van der Waals surface area contributed by atoms with Gasteiger partial charge in [0.15, 0.2) is 0 Å². The van der Waals surface area contributed by atoms with Gasteiger partial charge in [0.25, 0.3) is 0 Å². The predicted molar refractivity (Wildman–Crippen MR) is 84.0 cm³/mol. The molecule has 0 fully saturated rings. The van der Waals surface area contributed by atoms with Crippen LogP contribution in [0.25, 0.3) is 0 Å². The van der Waals surface area contributed by atoms with Gasteiger partial charge < -0.3 is 13.9 Å². The van der Waals surface area contributed by atoms with E-state index in [2.05, 4.69) is 0 Å². The predicted octanol–water partition coefficient (Wildman–Crippen LogP) is 4.25. The van der Waals surface area contributed by atoms with Crippen molar-refractivity contribution in [3.05, 3.63) is 28.8 Å². The molecule has 0 aliphatic carbocycles. The largest absolute Gasteiger partial charge is 0.497 e. The monoisotopic (exact) mass is 302 g/mol. The topological polar surface area (TPSA) is 43.4 Å². The summed E-state index contributed by atoms with van der Waals surface area (Å²) in [6, 6.07) is 3.88. The highest BCUT2D eigenvalue weighted by Gasteiger charge is 2.17. The standard InChI is InChI=1S/C14H24O3P2/c1-11-12(9-18(3,4)15)7-14(17-2)8-13(11)10-19(5,6)16/h7-8H,9-10H2,1-6H3. The first kappa shape index (κ1) is 16.5. The van der Waals surface area contributed by atoms with Crippen LogP contribution in [0, 0.1) is 6.92 Å². The van der Waals surface area contributed by atoms with Crippen molar-refractivity contribution in [2.75, 3.05) is 33.8 Å².